The number of rotatable bonds is 3. The normalized spacial score (nSPS) is 14.9. The van der Waals surface area contributed by atoms with Gasteiger partial charge < -0.3 is 0 Å². The minimum atomic E-state index is -4.04. The van der Waals surface area contributed by atoms with E-state index in [9.17, 15) is 17.6 Å². The van der Waals surface area contributed by atoms with Gasteiger partial charge in [0, 0.05) is 0 Å². The SMILES string of the molecule is C=C(Cl)C(F)C(F)(F)CF. The van der Waals surface area contributed by atoms with E-state index in [0.717, 1.165) is 0 Å². The van der Waals surface area contributed by atoms with E-state index in [2.05, 4.69) is 6.58 Å². The van der Waals surface area contributed by atoms with E-state index < -0.39 is 23.8 Å². The summed E-state index contributed by atoms with van der Waals surface area (Å²) in [5, 5.41) is -0.886. The zero-order valence-corrected chi connectivity index (χ0v) is 5.64. The third-order valence-corrected chi connectivity index (χ3v) is 1.02. The molecule has 0 aromatic carbocycles. The molecule has 0 spiro atoms. The van der Waals surface area contributed by atoms with Gasteiger partial charge in [-0.15, -0.1) is 0 Å². The van der Waals surface area contributed by atoms with Crippen molar-refractivity contribution in [3.05, 3.63) is 11.6 Å². The molecule has 0 saturated carbocycles. The summed E-state index contributed by atoms with van der Waals surface area (Å²) in [6, 6.07) is 0. The Morgan fingerprint density at radius 2 is 2.00 bits per heavy atom. The number of allylic oxidation sites excluding steroid dienone is 1. The van der Waals surface area contributed by atoms with Crippen LogP contribution in [0, 0.1) is 0 Å². The highest BCUT2D eigenvalue weighted by molar-refractivity contribution is 6.29. The number of halogens is 5. The van der Waals surface area contributed by atoms with E-state index in [1.54, 1.807) is 0 Å². The second-order valence-corrected chi connectivity index (χ2v) is 2.19. The molecule has 0 nitrogen and oxygen atoms in total. The lowest BCUT2D eigenvalue weighted by atomic mass is 10.2. The molecule has 0 N–H and O–H groups in total. The van der Waals surface area contributed by atoms with Crippen LogP contribution in [-0.4, -0.2) is 18.8 Å². The molecule has 5 heteroatoms. The van der Waals surface area contributed by atoms with Gasteiger partial charge in [0.2, 0.25) is 6.17 Å². The maximum atomic E-state index is 12.1. The summed E-state index contributed by atoms with van der Waals surface area (Å²) in [5.41, 5.74) is 0. The van der Waals surface area contributed by atoms with E-state index in [1.807, 2.05) is 0 Å². The fourth-order valence-electron chi connectivity index (χ4n) is 0.297. The molecule has 0 radical (unpaired) electrons. The van der Waals surface area contributed by atoms with Crippen LogP contribution < -0.4 is 0 Å². The van der Waals surface area contributed by atoms with Crippen LogP contribution in [0.5, 0.6) is 0 Å². The van der Waals surface area contributed by atoms with Gasteiger partial charge in [0.15, 0.2) is 6.67 Å². The van der Waals surface area contributed by atoms with Gasteiger partial charge in [-0.1, -0.05) is 18.2 Å². The van der Waals surface area contributed by atoms with Crippen LogP contribution in [0.1, 0.15) is 0 Å². The number of hydrogen-bond donors (Lipinski definition) is 0. The lowest BCUT2D eigenvalue weighted by Crippen LogP contribution is -2.32. The van der Waals surface area contributed by atoms with Crippen molar-refractivity contribution in [2.24, 2.45) is 0 Å². The van der Waals surface area contributed by atoms with Crippen LogP contribution >= 0.6 is 11.6 Å². The Bertz CT molecular complexity index is 134. The van der Waals surface area contributed by atoms with Crippen LogP contribution in [0.25, 0.3) is 0 Å². The van der Waals surface area contributed by atoms with Crippen molar-refractivity contribution in [3.8, 4) is 0 Å². The molecule has 60 valence electrons. The quantitative estimate of drug-likeness (QED) is 0.580. The van der Waals surface area contributed by atoms with Gasteiger partial charge in [0.25, 0.3) is 0 Å². The molecule has 0 fully saturated rings. The average Bonchev–Trinajstić information content (AvgIpc) is 1.86. The van der Waals surface area contributed by atoms with Crippen molar-refractivity contribution in [2.75, 3.05) is 6.67 Å². The number of alkyl halides is 4. The molecule has 0 rings (SSSR count). The molecular weight excluding hydrogens is 172 g/mol. The highest BCUT2D eigenvalue weighted by atomic mass is 35.5. The first-order chi connectivity index (χ1) is 4.41. The van der Waals surface area contributed by atoms with Crippen molar-refractivity contribution in [2.45, 2.75) is 12.1 Å². The predicted octanol–water partition coefficient (Wildman–Crippen LogP) is 2.68. The van der Waals surface area contributed by atoms with Crippen molar-refractivity contribution < 1.29 is 17.6 Å². The Hall–Kier alpha value is -0.250. The highest BCUT2D eigenvalue weighted by Gasteiger charge is 2.41. The van der Waals surface area contributed by atoms with Gasteiger partial charge in [-0.05, 0) is 0 Å². The van der Waals surface area contributed by atoms with Gasteiger partial charge in [-0.2, -0.15) is 0 Å². The summed E-state index contributed by atoms with van der Waals surface area (Å²) in [5.74, 6) is -4.04. The molecule has 0 aromatic rings. The van der Waals surface area contributed by atoms with E-state index in [1.165, 1.54) is 0 Å². The molecule has 0 saturated heterocycles. The standard InChI is InChI=1S/C5H5ClF4/c1-3(6)4(8)5(9,10)2-7/h4H,1-2H2. The van der Waals surface area contributed by atoms with Gasteiger partial charge in [0.05, 0.1) is 5.03 Å². The van der Waals surface area contributed by atoms with E-state index in [-0.39, 0.29) is 0 Å². The second-order valence-electron chi connectivity index (χ2n) is 1.70. The van der Waals surface area contributed by atoms with Crippen molar-refractivity contribution in [1.29, 1.82) is 0 Å². The van der Waals surface area contributed by atoms with Crippen LogP contribution in [0.2, 0.25) is 0 Å². The van der Waals surface area contributed by atoms with Gasteiger partial charge >= 0.3 is 5.92 Å². The van der Waals surface area contributed by atoms with Crippen molar-refractivity contribution >= 4 is 11.6 Å². The van der Waals surface area contributed by atoms with Crippen LogP contribution in [0.15, 0.2) is 11.6 Å². The van der Waals surface area contributed by atoms with Crippen LogP contribution in [-0.2, 0) is 0 Å². The third kappa shape index (κ3) is 2.17. The molecule has 0 bridgehead atoms. The topological polar surface area (TPSA) is 0 Å². The van der Waals surface area contributed by atoms with Crippen molar-refractivity contribution in [1.82, 2.24) is 0 Å². The Morgan fingerprint density at radius 1 is 1.60 bits per heavy atom. The highest BCUT2D eigenvalue weighted by Crippen LogP contribution is 2.28. The van der Waals surface area contributed by atoms with Crippen molar-refractivity contribution in [3.63, 3.8) is 0 Å². The Balaban J connectivity index is 4.17. The smallest absolute Gasteiger partial charge is 0.244 e. The van der Waals surface area contributed by atoms with E-state index in [4.69, 9.17) is 11.6 Å². The second kappa shape index (κ2) is 3.23. The largest absolute Gasteiger partial charge is 0.311 e. The van der Waals surface area contributed by atoms with Gasteiger partial charge in [-0.3, -0.25) is 0 Å². The lowest BCUT2D eigenvalue weighted by Gasteiger charge is -2.15. The molecule has 1 atom stereocenters. The first kappa shape index (κ1) is 9.75. The molecule has 0 aliphatic rings. The number of hydrogen-bond acceptors (Lipinski definition) is 0. The zero-order chi connectivity index (χ0) is 8.36. The Morgan fingerprint density at radius 3 is 2.10 bits per heavy atom. The predicted molar refractivity (Wildman–Crippen MR) is 30.8 cm³/mol. The Labute approximate surface area is 60.5 Å². The molecule has 1 unspecified atom stereocenters. The maximum absolute atomic E-state index is 12.1. The molecule has 0 heterocycles. The molecule has 0 aliphatic carbocycles. The molecular formula is C5H5ClF4. The Kier molecular flexibility index (Phi) is 3.15. The minimum Gasteiger partial charge on any atom is -0.244 e. The fraction of sp³-hybridized carbons (Fsp3) is 0.600. The third-order valence-electron chi connectivity index (χ3n) is 0.824. The monoisotopic (exact) mass is 176 g/mol. The van der Waals surface area contributed by atoms with Gasteiger partial charge in [0.1, 0.15) is 0 Å². The first-order valence-electron chi connectivity index (χ1n) is 2.34. The van der Waals surface area contributed by atoms with Crippen LogP contribution in [0.4, 0.5) is 17.6 Å². The molecule has 10 heavy (non-hydrogen) atoms. The molecule has 0 amide bonds. The molecule has 0 aliphatic heterocycles. The summed E-state index contributed by atoms with van der Waals surface area (Å²) in [4.78, 5) is 0. The maximum Gasteiger partial charge on any atom is 0.311 e. The average molecular weight is 177 g/mol. The summed E-state index contributed by atoms with van der Waals surface area (Å²) in [6.07, 6.45) is -2.81. The minimum absolute atomic E-state index is 0.886. The van der Waals surface area contributed by atoms with E-state index >= 15 is 0 Å². The molecule has 0 aromatic heterocycles. The van der Waals surface area contributed by atoms with Gasteiger partial charge in [-0.25, -0.2) is 17.6 Å². The summed E-state index contributed by atoms with van der Waals surface area (Å²) >= 11 is 4.78. The first-order valence-corrected chi connectivity index (χ1v) is 2.71. The fourth-order valence-corrected chi connectivity index (χ4v) is 0.457. The van der Waals surface area contributed by atoms with E-state index in [0.29, 0.717) is 0 Å². The zero-order valence-electron chi connectivity index (χ0n) is 4.88. The summed E-state index contributed by atoms with van der Waals surface area (Å²) in [7, 11) is 0. The van der Waals surface area contributed by atoms with Crippen LogP contribution in [0.3, 0.4) is 0 Å². The summed E-state index contributed by atoms with van der Waals surface area (Å²) in [6.45, 7) is 0.644. The lowest BCUT2D eigenvalue weighted by molar-refractivity contribution is -0.0719. The summed E-state index contributed by atoms with van der Waals surface area (Å²) < 4.78 is 47.2.